The number of rotatable bonds is 7. The fraction of sp³-hybridized carbons (Fsp3) is 0.556. The van der Waals surface area contributed by atoms with E-state index in [0.29, 0.717) is 5.69 Å². The van der Waals surface area contributed by atoms with E-state index in [1.807, 2.05) is 0 Å². The van der Waals surface area contributed by atoms with E-state index < -0.39 is 58.6 Å². The summed E-state index contributed by atoms with van der Waals surface area (Å²) >= 11 is 0. The molecule has 1 aliphatic heterocycles. The minimum absolute atomic E-state index is 0.0209. The summed E-state index contributed by atoms with van der Waals surface area (Å²) in [6.07, 6.45) is -6.19. The summed E-state index contributed by atoms with van der Waals surface area (Å²) < 4.78 is 82.0. The molecular formula is C27H34F5N3O4. The second-order valence-electron chi connectivity index (χ2n) is 10.5. The average Bonchev–Trinajstić information content (AvgIpc) is 3.13. The number of hydrogen-bond donors (Lipinski definition) is 1. The van der Waals surface area contributed by atoms with Crippen molar-refractivity contribution in [2.45, 2.75) is 64.1 Å². The first-order valence-corrected chi connectivity index (χ1v) is 12.4. The number of hydrogen-bond acceptors (Lipinski definition) is 5. The van der Waals surface area contributed by atoms with E-state index in [9.17, 15) is 31.5 Å². The summed E-state index contributed by atoms with van der Waals surface area (Å²) in [7, 11) is 6.14. The van der Waals surface area contributed by atoms with Crippen LogP contribution in [0.3, 0.4) is 0 Å². The van der Waals surface area contributed by atoms with Gasteiger partial charge in [-0.15, -0.1) is 0 Å². The molecule has 2 aromatic rings. The number of aryl methyl sites for hydroxylation is 1. The first-order chi connectivity index (χ1) is 18.0. The highest BCUT2D eigenvalue weighted by Crippen LogP contribution is 2.59. The maximum atomic E-state index is 14.6. The molecule has 216 valence electrons. The Bertz CT molecular complexity index is 1300. The number of halogens is 5. The van der Waals surface area contributed by atoms with E-state index in [1.165, 1.54) is 17.9 Å². The molecule has 1 aliphatic rings. The molecule has 12 heteroatoms. The van der Waals surface area contributed by atoms with E-state index in [4.69, 9.17) is 9.47 Å². The third-order valence-electron chi connectivity index (χ3n) is 7.89. The molecule has 7 nitrogen and oxygen atoms in total. The van der Waals surface area contributed by atoms with Crippen molar-refractivity contribution >= 4 is 5.91 Å². The van der Waals surface area contributed by atoms with Crippen LogP contribution in [0, 0.1) is 24.5 Å². The van der Waals surface area contributed by atoms with Crippen LogP contribution in [0.4, 0.5) is 22.0 Å². The van der Waals surface area contributed by atoms with Crippen LogP contribution < -0.4 is 10.2 Å². The molecule has 0 radical (unpaired) electrons. The first-order valence-electron chi connectivity index (χ1n) is 12.4. The number of carbonyl (C=O) groups excluding carboxylic acids is 1. The van der Waals surface area contributed by atoms with Crippen molar-refractivity contribution in [3.63, 3.8) is 0 Å². The van der Waals surface area contributed by atoms with Crippen molar-refractivity contribution in [3.8, 4) is 5.75 Å². The van der Waals surface area contributed by atoms with Gasteiger partial charge in [0.2, 0.25) is 11.7 Å². The van der Waals surface area contributed by atoms with Gasteiger partial charge in [-0.2, -0.15) is 17.6 Å². The van der Waals surface area contributed by atoms with Crippen molar-refractivity contribution in [1.82, 2.24) is 14.8 Å². The summed E-state index contributed by atoms with van der Waals surface area (Å²) in [5.41, 5.74) is -2.57. The lowest BCUT2D eigenvalue weighted by atomic mass is 9.76. The number of amides is 1. The van der Waals surface area contributed by atoms with Crippen molar-refractivity contribution in [2.24, 2.45) is 5.92 Å². The Hall–Kier alpha value is -2.99. The molecule has 39 heavy (non-hydrogen) atoms. The molecule has 0 aliphatic carbocycles. The molecule has 0 bridgehead atoms. The van der Waals surface area contributed by atoms with Crippen molar-refractivity contribution in [3.05, 3.63) is 62.6 Å². The summed E-state index contributed by atoms with van der Waals surface area (Å²) in [6.45, 7) is 5.47. The molecule has 1 saturated heterocycles. The van der Waals surface area contributed by atoms with E-state index in [1.54, 1.807) is 39.9 Å². The molecule has 3 rings (SSSR count). The monoisotopic (exact) mass is 559 g/mol. The number of H-pyrrole nitrogens is 1. The van der Waals surface area contributed by atoms with Gasteiger partial charge in [0.15, 0.2) is 22.6 Å². The van der Waals surface area contributed by atoms with Gasteiger partial charge in [0.1, 0.15) is 6.10 Å². The van der Waals surface area contributed by atoms with Crippen molar-refractivity contribution < 1.29 is 36.2 Å². The molecule has 1 aromatic carbocycles. The van der Waals surface area contributed by atoms with Gasteiger partial charge < -0.3 is 19.4 Å². The van der Waals surface area contributed by atoms with Gasteiger partial charge in [-0.25, -0.2) is 4.39 Å². The van der Waals surface area contributed by atoms with Crippen LogP contribution in [-0.2, 0) is 16.1 Å². The van der Waals surface area contributed by atoms with Gasteiger partial charge in [-0.3, -0.25) is 14.5 Å². The highest BCUT2D eigenvalue weighted by Gasteiger charge is 2.65. The topological polar surface area (TPSA) is 74.9 Å². The van der Waals surface area contributed by atoms with Crippen LogP contribution in [-0.4, -0.2) is 66.8 Å². The number of methoxy groups -OCH3 is 1. The van der Waals surface area contributed by atoms with Gasteiger partial charge in [0, 0.05) is 47.5 Å². The number of aromatic amines is 1. The maximum Gasteiger partial charge on any atom is 0.417 e. The third-order valence-corrected chi connectivity index (χ3v) is 7.89. The zero-order valence-corrected chi connectivity index (χ0v) is 23.2. The van der Waals surface area contributed by atoms with Crippen LogP contribution in [0.2, 0.25) is 0 Å². The SMILES string of the molecule is COc1c([C@H]2[C@H](c3cc(=O)c(CN(C)C(=O)[C@H](C)N(C)C)c(C)[nH]3)O[C@@](C)(C(F)(F)F)[C@H]2C)ccc(F)c1F. The predicted octanol–water partition coefficient (Wildman–Crippen LogP) is 4.69. The van der Waals surface area contributed by atoms with E-state index in [-0.39, 0.29) is 29.3 Å². The molecule has 0 unspecified atom stereocenters. The van der Waals surface area contributed by atoms with E-state index >= 15 is 0 Å². The minimum atomic E-state index is -4.81. The summed E-state index contributed by atoms with van der Waals surface area (Å²) in [5, 5.41) is 0. The van der Waals surface area contributed by atoms with E-state index in [2.05, 4.69) is 4.98 Å². The smallest absolute Gasteiger partial charge is 0.417 e. The van der Waals surface area contributed by atoms with Crippen LogP contribution >= 0.6 is 0 Å². The van der Waals surface area contributed by atoms with Gasteiger partial charge in [-0.1, -0.05) is 13.0 Å². The number of nitrogens with zero attached hydrogens (tertiary/aromatic N) is 2. The average molecular weight is 560 g/mol. The Kier molecular flexibility index (Phi) is 8.52. The fourth-order valence-corrected chi connectivity index (χ4v) is 5.03. The second-order valence-corrected chi connectivity index (χ2v) is 10.5. The molecule has 2 heterocycles. The highest BCUT2D eigenvalue weighted by molar-refractivity contribution is 5.81. The molecule has 0 spiro atoms. The number of nitrogens with one attached hydrogen (secondary N) is 1. The number of aromatic nitrogens is 1. The summed E-state index contributed by atoms with van der Waals surface area (Å²) in [5.74, 6) is -5.73. The lowest BCUT2D eigenvalue weighted by Gasteiger charge is -2.32. The molecule has 0 saturated carbocycles. The number of pyridine rings is 1. The molecule has 5 atom stereocenters. The largest absolute Gasteiger partial charge is 0.493 e. The predicted molar refractivity (Wildman–Crippen MR) is 135 cm³/mol. The van der Waals surface area contributed by atoms with Crippen molar-refractivity contribution in [2.75, 3.05) is 28.3 Å². The van der Waals surface area contributed by atoms with Crippen LogP contribution in [0.15, 0.2) is 23.0 Å². The number of carbonyl (C=O) groups is 1. The second kappa shape index (κ2) is 10.9. The normalized spacial score (nSPS) is 24.2. The Labute approximate surface area is 223 Å². The fourth-order valence-electron chi connectivity index (χ4n) is 5.03. The van der Waals surface area contributed by atoms with Gasteiger partial charge in [0.05, 0.1) is 19.7 Å². The highest BCUT2D eigenvalue weighted by atomic mass is 19.4. The summed E-state index contributed by atoms with van der Waals surface area (Å²) in [6, 6.07) is 2.69. The van der Waals surface area contributed by atoms with Gasteiger partial charge in [-0.05, 0) is 40.9 Å². The number of alkyl halides is 3. The minimum Gasteiger partial charge on any atom is -0.493 e. The Balaban J connectivity index is 2.11. The lowest BCUT2D eigenvalue weighted by Crippen LogP contribution is -2.46. The van der Waals surface area contributed by atoms with Crippen molar-refractivity contribution in [1.29, 1.82) is 0 Å². The first kappa shape index (κ1) is 30.6. The number of benzene rings is 1. The quantitative estimate of drug-likeness (QED) is 0.499. The van der Waals surface area contributed by atoms with Gasteiger partial charge in [0.25, 0.3) is 0 Å². The molecule has 1 amide bonds. The van der Waals surface area contributed by atoms with Crippen LogP contribution in [0.25, 0.3) is 0 Å². The standard InChI is InChI=1S/C27H34F5N3O4/c1-13-21(16-9-10-18(28)22(29)23(16)38-8)24(39-26(13,4)27(30,31)32)19-11-20(36)17(14(2)33-19)12-35(7)25(37)15(3)34(5)6/h9-11,13,15,21,24H,12H2,1-8H3,(H,33,36)/t13-,15-,21-,24-,26+/m0/s1. The molecule has 1 aromatic heterocycles. The van der Waals surface area contributed by atoms with Gasteiger partial charge >= 0.3 is 6.18 Å². The zero-order valence-electron chi connectivity index (χ0n) is 23.2. The van der Waals surface area contributed by atoms with Crippen LogP contribution in [0.1, 0.15) is 55.3 Å². The maximum absolute atomic E-state index is 14.6. The lowest BCUT2D eigenvalue weighted by molar-refractivity contribution is -0.275. The number of likely N-dealkylation sites (N-methyl/N-ethyl adjacent to an activating group) is 2. The molecule has 1 fully saturated rings. The third kappa shape index (κ3) is 5.41. The van der Waals surface area contributed by atoms with E-state index in [0.717, 1.165) is 26.2 Å². The Morgan fingerprint density at radius 1 is 1.23 bits per heavy atom. The Morgan fingerprint density at radius 3 is 2.36 bits per heavy atom. The Morgan fingerprint density at radius 2 is 1.85 bits per heavy atom. The molecule has 1 N–H and O–H groups in total. The summed E-state index contributed by atoms with van der Waals surface area (Å²) in [4.78, 5) is 32.0. The molecular weight excluding hydrogens is 525 g/mol. The zero-order chi connectivity index (χ0) is 29.6. The van der Waals surface area contributed by atoms with Crippen LogP contribution in [0.5, 0.6) is 5.75 Å². The number of ether oxygens (including phenoxy) is 2.